The van der Waals surface area contributed by atoms with Crippen LogP contribution in [0.3, 0.4) is 0 Å². The lowest BCUT2D eigenvalue weighted by molar-refractivity contribution is -0.128. The Balaban J connectivity index is 1.19. The van der Waals surface area contributed by atoms with E-state index in [2.05, 4.69) is 25.0 Å². The van der Waals surface area contributed by atoms with Gasteiger partial charge in [0.05, 0.1) is 6.04 Å². The van der Waals surface area contributed by atoms with E-state index in [1.807, 2.05) is 19.9 Å². The maximum atomic E-state index is 14.0. The molecule has 0 bridgehead atoms. The summed E-state index contributed by atoms with van der Waals surface area (Å²) in [6.45, 7) is 8.43. The van der Waals surface area contributed by atoms with Crippen molar-refractivity contribution in [3.8, 4) is 0 Å². The van der Waals surface area contributed by atoms with Gasteiger partial charge in [0.15, 0.2) is 0 Å². The van der Waals surface area contributed by atoms with Gasteiger partial charge in [0.25, 0.3) is 0 Å². The number of benzene rings is 1. The van der Waals surface area contributed by atoms with Gasteiger partial charge in [0.1, 0.15) is 17.5 Å². The summed E-state index contributed by atoms with van der Waals surface area (Å²) in [5, 5.41) is 11.7. The summed E-state index contributed by atoms with van der Waals surface area (Å²) in [4.78, 5) is 15.5. The SMILES string of the molecule is Cc1nnc(C)n1C1C[C@@H]2CN(CC[C@H](NC(=O)C3CCOCC3)c3cccc(F)c3)C[C@@H]2C1. The summed E-state index contributed by atoms with van der Waals surface area (Å²) < 4.78 is 21.7. The molecule has 1 aliphatic carbocycles. The minimum absolute atomic E-state index is 0.0162. The number of nitrogens with one attached hydrogen (secondary N) is 1. The molecular weight excluding hydrogens is 433 g/mol. The van der Waals surface area contributed by atoms with Crippen molar-refractivity contribution >= 4 is 5.91 Å². The molecule has 0 spiro atoms. The Morgan fingerprint density at radius 3 is 2.47 bits per heavy atom. The number of carbonyl (C=O) groups excluding carboxylic acids is 1. The molecule has 4 atom stereocenters. The van der Waals surface area contributed by atoms with Gasteiger partial charge in [-0.2, -0.15) is 0 Å². The van der Waals surface area contributed by atoms with Gasteiger partial charge in [0, 0.05) is 44.8 Å². The summed E-state index contributed by atoms with van der Waals surface area (Å²) in [5.41, 5.74) is 0.846. The minimum Gasteiger partial charge on any atom is -0.381 e. The van der Waals surface area contributed by atoms with Crippen LogP contribution in [0.15, 0.2) is 24.3 Å². The lowest BCUT2D eigenvalue weighted by Gasteiger charge is -2.27. The highest BCUT2D eigenvalue weighted by atomic mass is 19.1. The molecule has 1 unspecified atom stereocenters. The van der Waals surface area contributed by atoms with Crippen molar-refractivity contribution in [1.82, 2.24) is 25.0 Å². The molecule has 1 saturated carbocycles. The average Bonchev–Trinajstić information content (AvgIpc) is 3.49. The van der Waals surface area contributed by atoms with Gasteiger partial charge in [-0.05, 0) is 75.5 Å². The predicted octanol–water partition coefficient (Wildman–Crippen LogP) is 3.59. The van der Waals surface area contributed by atoms with Crippen molar-refractivity contribution in [2.45, 2.75) is 58.0 Å². The maximum absolute atomic E-state index is 14.0. The number of ether oxygens (including phenoxy) is 1. The van der Waals surface area contributed by atoms with Gasteiger partial charge in [-0.15, -0.1) is 10.2 Å². The van der Waals surface area contributed by atoms with Gasteiger partial charge < -0.3 is 19.5 Å². The Labute approximate surface area is 201 Å². The number of carbonyl (C=O) groups is 1. The summed E-state index contributed by atoms with van der Waals surface area (Å²) >= 11 is 0. The maximum Gasteiger partial charge on any atom is 0.223 e. The quantitative estimate of drug-likeness (QED) is 0.671. The summed E-state index contributed by atoms with van der Waals surface area (Å²) in [6, 6.07) is 6.99. The van der Waals surface area contributed by atoms with Crippen molar-refractivity contribution < 1.29 is 13.9 Å². The fraction of sp³-hybridized carbons (Fsp3) is 0.654. The van der Waals surface area contributed by atoms with Gasteiger partial charge in [-0.25, -0.2) is 4.39 Å². The zero-order valence-corrected chi connectivity index (χ0v) is 20.3. The number of nitrogens with zero attached hydrogens (tertiary/aromatic N) is 4. The number of likely N-dealkylation sites (tertiary alicyclic amines) is 1. The van der Waals surface area contributed by atoms with E-state index < -0.39 is 0 Å². The second-order valence-electron chi connectivity index (χ2n) is 10.4. The highest BCUT2D eigenvalue weighted by molar-refractivity contribution is 5.79. The number of fused-ring (bicyclic) bond motifs is 1. The molecule has 0 radical (unpaired) electrons. The Morgan fingerprint density at radius 2 is 1.82 bits per heavy atom. The highest BCUT2D eigenvalue weighted by Crippen LogP contribution is 2.44. The second-order valence-corrected chi connectivity index (χ2v) is 10.4. The van der Waals surface area contributed by atoms with Crippen LogP contribution >= 0.6 is 0 Å². The predicted molar refractivity (Wildman–Crippen MR) is 127 cm³/mol. The zero-order chi connectivity index (χ0) is 23.7. The highest BCUT2D eigenvalue weighted by Gasteiger charge is 2.42. The molecule has 1 amide bonds. The van der Waals surface area contributed by atoms with E-state index in [1.54, 1.807) is 12.1 Å². The molecule has 3 aliphatic rings. The van der Waals surface area contributed by atoms with Crippen molar-refractivity contribution in [3.05, 3.63) is 47.3 Å². The molecule has 1 aromatic heterocycles. The van der Waals surface area contributed by atoms with Crippen LogP contribution in [0, 0.1) is 37.4 Å². The summed E-state index contributed by atoms with van der Waals surface area (Å²) in [7, 11) is 0. The number of amides is 1. The van der Waals surface area contributed by atoms with Crippen LogP contribution in [-0.4, -0.2) is 58.4 Å². The first kappa shape index (κ1) is 23.4. The summed E-state index contributed by atoms with van der Waals surface area (Å²) in [6.07, 6.45) is 4.64. The van der Waals surface area contributed by atoms with E-state index in [-0.39, 0.29) is 23.7 Å². The number of rotatable bonds is 7. The molecule has 1 aromatic carbocycles. The van der Waals surface area contributed by atoms with Crippen molar-refractivity contribution in [2.75, 3.05) is 32.8 Å². The zero-order valence-electron chi connectivity index (χ0n) is 20.3. The van der Waals surface area contributed by atoms with Crippen LogP contribution in [0.5, 0.6) is 0 Å². The van der Waals surface area contributed by atoms with Crippen molar-refractivity contribution in [3.63, 3.8) is 0 Å². The fourth-order valence-corrected chi connectivity index (χ4v) is 6.37. The van der Waals surface area contributed by atoms with Crippen LogP contribution in [-0.2, 0) is 9.53 Å². The van der Waals surface area contributed by atoms with Crippen LogP contribution in [0.1, 0.15) is 61.4 Å². The van der Waals surface area contributed by atoms with Crippen molar-refractivity contribution in [1.29, 1.82) is 0 Å². The van der Waals surface area contributed by atoms with E-state index in [4.69, 9.17) is 4.74 Å². The molecule has 2 aliphatic heterocycles. The topological polar surface area (TPSA) is 72.3 Å². The Hall–Kier alpha value is -2.32. The normalized spacial score (nSPS) is 26.5. The third kappa shape index (κ3) is 5.03. The third-order valence-corrected chi connectivity index (χ3v) is 8.10. The molecule has 34 heavy (non-hydrogen) atoms. The van der Waals surface area contributed by atoms with E-state index >= 15 is 0 Å². The Kier molecular flexibility index (Phi) is 6.97. The largest absolute Gasteiger partial charge is 0.381 e. The smallest absolute Gasteiger partial charge is 0.223 e. The summed E-state index contributed by atoms with van der Waals surface area (Å²) in [5.74, 6) is 3.20. The monoisotopic (exact) mass is 469 g/mol. The number of hydrogen-bond acceptors (Lipinski definition) is 5. The first-order valence-corrected chi connectivity index (χ1v) is 12.7. The van der Waals surface area contributed by atoms with Crippen LogP contribution in [0.25, 0.3) is 0 Å². The molecule has 3 heterocycles. The number of halogens is 1. The number of aromatic nitrogens is 3. The fourth-order valence-electron chi connectivity index (χ4n) is 6.37. The van der Waals surface area contributed by atoms with Gasteiger partial charge in [-0.1, -0.05) is 12.1 Å². The molecule has 2 aromatic rings. The van der Waals surface area contributed by atoms with Crippen LogP contribution in [0.4, 0.5) is 4.39 Å². The molecular formula is C26H36FN5O2. The lowest BCUT2D eigenvalue weighted by atomic mass is 9.97. The van der Waals surface area contributed by atoms with E-state index in [0.717, 1.165) is 56.1 Å². The average molecular weight is 470 g/mol. The van der Waals surface area contributed by atoms with Crippen molar-refractivity contribution in [2.24, 2.45) is 17.8 Å². The Bertz CT molecular complexity index is 971. The molecule has 7 nitrogen and oxygen atoms in total. The van der Waals surface area contributed by atoms with Gasteiger partial charge in [0.2, 0.25) is 5.91 Å². The standard InChI is InChI=1S/C26H36FN5O2/c1-17-29-30-18(2)32(17)24-13-21-15-31(16-22(21)14-24)9-6-25(20-4-3-5-23(27)12-20)28-26(33)19-7-10-34-11-8-19/h3-5,12,19,21-22,24-25H,6-11,13-16H2,1-2H3,(H,28,33)/t21-,22+,24?,25-/m0/s1. The first-order valence-electron chi connectivity index (χ1n) is 12.7. The third-order valence-electron chi connectivity index (χ3n) is 8.10. The molecule has 3 fully saturated rings. The van der Waals surface area contributed by atoms with Crippen LogP contribution in [0.2, 0.25) is 0 Å². The number of hydrogen-bond donors (Lipinski definition) is 1. The van der Waals surface area contributed by atoms with E-state index in [0.29, 0.717) is 31.1 Å². The van der Waals surface area contributed by atoms with E-state index in [9.17, 15) is 9.18 Å². The van der Waals surface area contributed by atoms with Crippen LogP contribution < -0.4 is 5.32 Å². The lowest BCUT2D eigenvalue weighted by Crippen LogP contribution is -2.38. The Morgan fingerprint density at radius 1 is 1.15 bits per heavy atom. The molecule has 8 heteroatoms. The van der Waals surface area contributed by atoms with Gasteiger partial charge >= 0.3 is 0 Å². The molecule has 184 valence electrons. The molecule has 2 saturated heterocycles. The van der Waals surface area contributed by atoms with Gasteiger partial charge in [-0.3, -0.25) is 4.79 Å². The molecule has 1 N–H and O–H groups in total. The molecule has 5 rings (SSSR count). The minimum atomic E-state index is -0.260. The number of aryl methyl sites for hydroxylation is 2. The first-order chi connectivity index (χ1) is 16.5. The van der Waals surface area contributed by atoms with E-state index in [1.165, 1.54) is 18.9 Å². The second kappa shape index (κ2) is 10.1.